The normalized spacial score (nSPS) is 12.6. The number of pyridine rings is 1. The molecule has 2 rings (SSSR count). The summed E-state index contributed by atoms with van der Waals surface area (Å²) in [6.45, 7) is 4.98. The Morgan fingerprint density at radius 2 is 2.10 bits per heavy atom. The molecule has 1 unspecified atom stereocenters. The standard InChI is InChI=1S/C15H20Cl2N4/c1-4-7-18-13(12-6-5-11(16)9-19-12)8-14-15(17)10(2)20-21(14)3/h5-6,9,13,18H,4,7-8H2,1-3H3. The third-order valence-electron chi connectivity index (χ3n) is 3.41. The predicted molar refractivity (Wildman–Crippen MR) is 86.9 cm³/mol. The van der Waals surface area contributed by atoms with E-state index in [1.165, 1.54) is 0 Å². The molecule has 2 heterocycles. The summed E-state index contributed by atoms with van der Waals surface area (Å²) in [5.74, 6) is 0. The summed E-state index contributed by atoms with van der Waals surface area (Å²) in [5.41, 5.74) is 2.83. The van der Waals surface area contributed by atoms with E-state index in [0.29, 0.717) is 5.02 Å². The molecule has 0 aliphatic rings. The molecule has 0 bridgehead atoms. The van der Waals surface area contributed by atoms with Crippen molar-refractivity contribution in [1.82, 2.24) is 20.1 Å². The molecule has 0 aliphatic carbocycles. The number of aryl methyl sites for hydroxylation is 2. The molecule has 1 atom stereocenters. The molecule has 2 aromatic heterocycles. The van der Waals surface area contributed by atoms with Crippen LogP contribution in [-0.2, 0) is 13.5 Å². The lowest BCUT2D eigenvalue weighted by Crippen LogP contribution is -2.25. The zero-order valence-electron chi connectivity index (χ0n) is 12.5. The molecule has 0 spiro atoms. The number of rotatable bonds is 6. The maximum absolute atomic E-state index is 6.35. The molecule has 0 saturated heterocycles. The van der Waals surface area contributed by atoms with Crippen molar-refractivity contribution in [3.63, 3.8) is 0 Å². The zero-order valence-corrected chi connectivity index (χ0v) is 14.0. The molecule has 114 valence electrons. The first-order valence-corrected chi connectivity index (χ1v) is 7.81. The van der Waals surface area contributed by atoms with Gasteiger partial charge in [0.1, 0.15) is 0 Å². The molecule has 2 aromatic rings. The smallest absolute Gasteiger partial charge is 0.0847 e. The summed E-state index contributed by atoms with van der Waals surface area (Å²) in [5, 5.41) is 9.25. The van der Waals surface area contributed by atoms with Crippen LogP contribution in [0.1, 0.15) is 36.5 Å². The highest BCUT2D eigenvalue weighted by Crippen LogP contribution is 2.25. The number of nitrogens with one attached hydrogen (secondary N) is 1. The second kappa shape index (κ2) is 7.25. The third kappa shape index (κ3) is 3.96. The van der Waals surface area contributed by atoms with Gasteiger partial charge >= 0.3 is 0 Å². The van der Waals surface area contributed by atoms with Gasteiger partial charge in [-0.2, -0.15) is 5.10 Å². The van der Waals surface area contributed by atoms with Crippen molar-refractivity contribution in [3.05, 3.63) is 45.5 Å². The van der Waals surface area contributed by atoms with E-state index in [2.05, 4.69) is 22.3 Å². The molecule has 4 nitrogen and oxygen atoms in total. The molecule has 6 heteroatoms. The first-order valence-electron chi connectivity index (χ1n) is 7.05. The van der Waals surface area contributed by atoms with Crippen LogP contribution in [0.5, 0.6) is 0 Å². The van der Waals surface area contributed by atoms with Gasteiger partial charge in [0.25, 0.3) is 0 Å². The van der Waals surface area contributed by atoms with Crippen LogP contribution in [-0.4, -0.2) is 21.3 Å². The largest absolute Gasteiger partial charge is 0.308 e. The maximum atomic E-state index is 6.35. The lowest BCUT2D eigenvalue weighted by Gasteiger charge is -2.18. The summed E-state index contributed by atoms with van der Waals surface area (Å²) in [4.78, 5) is 4.43. The summed E-state index contributed by atoms with van der Waals surface area (Å²) in [6, 6.07) is 3.91. The molecular weight excluding hydrogens is 307 g/mol. The quantitative estimate of drug-likeness (QED) is 0.879. The van der Waals surface area contributed by atoms with Crippen molar-refractivity contribution in [3.8, 4) is 0 Å². The van der Waals surface area contributed by atoms with Gasteiger partial charge in [0.05, 0.1) is 33.2 Å². The van der Waals surface area contributed by atoms with Gasteiger partial charge in [-0.3, -0.25) is 9.67 Å². The molecular formula is C15H20Cl2N4. The van der Waals surface area contributed by atoms with Crippen LogP contribution >= 0.6 is 23.2 Å². The first kappa shape index (κ1) is 16.3. The van der Waals surface area contributed by atoms with Gasteiger partial charge in [-0.1, -0.05) is 30.1 Å². The van der Waals surface area contributed by atoms with Crippen molar-refractivity contribution in [2.75, 3.05) is 6.54 Å². The Bertz CT molecular complexity index is 592. The number of hydrogen-bond donors (Lipinski definition) is 1. The third-order valence-corrected chi connectivity index (χ3v) is 4.12. The average molecular weight is 327 g/mol. The minimum Gasteiger partial charge on any atom is -0.308 e. The van der Waals surface area contributed by atoms with E-state index in [1.54, 1.807) is 6.20 Å². The van der Waals surface area contributed by atoms with Crippen LogP contribution in [0, 0.1) is 6.92 Å². The van der Waals surface area contributed by atoms with Crippen LogP contribution in [0.15, 0.2) is 18.3 Å². The Morgan fingerprint density at radius 1 is 1.33 bits per heavy atom. The Hall–Kier alpha value is -1.10. The molecule has 0 amide bonds. The van der Waals surface area contributed by atoms with Gasteiger partial charge < -0.3 is 5.32 Å². The summed E-state index contributed by atoms with van der Waals surface area (Å²) in [6.07, 6.45) is 3.47. The molecule has 1 N–H and O–H groups in total. The van der Waals surface area contributed by atoms with Crippen LogP contribution in [0.25, 0.3) is 0 Å². The Balaban J connectivity index is 2.25. The molecule has 0 aromatic carbocycles. The molecule has 0 fully saturated rings. The fraction of sp³-hybridized carbons (Fsp3) is 0.467. The van der Waals surface area contributed by atoms with Crippen molar-refractivity contribution in [2.24, 2.45) is 7.05 Å². The molecule has 0 saturated carbocycles. The highest BCUT2D eigenvalue weighted by molar-refractivity contribution is 6.31. The van der Waals surface area contributed by atoms with Gasteiger partial charge in [-0.15, -0.1) is 0 Å². The van der Waals surface area contributed by atoms with Crippen molar-refractivity contribution in [1.29, 1.82) is 0 Å². The van der Waals surface area contributed by atoms with Crippen LogP contribution in [0.4, 0.5) is 0 Å². The SMILES string of the molecule is CCCNC(Cc1c(Cl)c(C)nn1C)c1ccc(Cl)cn1. The summed E-state index contributed by atoms with van der Waals surface area (Å²) in [7, 11) is 1.92. The van der Waals surface area contributed by atoms with E-state index >= 15 is 0 Å². The first-order chi connectivity index (χ1) is 10.0. The van der Waals surface area contributed by atoms with Gasteiger partial charge in [0, 0.05) is 19.7 Å². The van der Waals surface area contributed by atoms with Crippen molar-refractivity contribution < 1.29 is 0 Å². The van der Waals surface area contributed by atoms with Crippen molar-refractivity contribution >= 4 is 23.2 Å². The molecule has 0 aliphatic heterocycles. The minimum absolute atomic E-state index is 0.0921. The average Bonchev–Trinajstić information content (AvgIpc) is 2.70. The molecule has 0 radical (unpaired) electrons. The van der Waals surface area contributed by atoms with E-state index in [0.717, 1.165) is 41.5 Å². The fourth-order valence-electron chi connectivity index (χ4n) is 2.29. The topological polar surface area (TPSA) is 42.7 Å². The van der Waals surface area contributed by atoms with Crippen LogP contribution in [0.3, 0.4) is 0 Å². The van der Waals surface area contributed by atoms with Gasteiger partial charge in [-0.25, -0.2) is 0 Å². The minimum atomic E-state index is 0.0921. The van der Waals surface area contributed by atoms with Crippen LogP contribution < -0.4 is 5.32 Å². The Kier molecular flexibility index (Phi) is 5.62. The number of halogens is 2. The predicted octanol–water partition coefficient (Wildman–Crippen LogP) is 3.71. The van der Waals surface area contributed by atoms with Gasteiger partial charge in [-0.05, 0) is 32.0 Å². The summed E-state index contributed by atoms with van der Waals surface area (Å²) >= 11 is 12.3. The number of hydrogen-bond acceptors (Lipinski definition) is 3. The highest BCUT2D eigenvalue weighted by atomic mass is 35.5. The maximum Gasteiger partial charge on any atom is 0.0847 e. The van der Waals surface area contributed by atoms with Gasteiger partial charge in [0.2, 0.25) is 0 Å². The number of nitrogens with zero attached hydrogens (tertiary/aromatic N) is 3. The highest BCUT2D eigenvalue weighted by Gasteiger charge is 2.19. The second-order valence-corrected chi connectivity index (χ2v) is 5.90. The zero-order chi connectivity index (χ0) is 15.4. The van der Waals surface area contributed by atoms with Gasteiger partial charge in [0.15, 0.2) is 0 Å². The number of aromatic nitrogens is 3. The van der Waals surface area contributed by atoms with Crippen LogP contribution in [0.2, 0.25) is 10.0 Å². The fourth-order valence-corrected chi connectivity index (χ4v) is 2.64. The lowest BCUT2D eigenvalue weighted by molar-refractivity contribution is 0.502. The summed E-state index contributed by atoms with van der Waals surface area (Å²) < 4.78 is 1.84. The van der Waals surface area contributed by atoms with E-state index in [9.17, 15) is 0 Å². The van der Waals surface area contributed by atoms with Crippen molar-refractivity contribution in [2.45, 2.75) is 32.7 Å². The second-order valence-electron chi connectivity index (χ2n) is 5.08. The van der Waals surface area contributed by atoms with E-state index in [4.69, 9.17) is 23.2 Å². The Labute approximate surface area is 135 Å². The van der Waals surface area contributed by atoms with E-state index in [-0.39, 0.29) is 6.04 Å². The monoisotopic (exact) mass is 326 g/mol. The lowest BCUT2D eigenvalue weighted by atomic mass is 10.1. The van der Waals surface area contributed by atoms with E-state index in [1.807, 2.05) is 30.8 Å². The Morgan fingerprint density at radius 3 is 2.62 bits per heavy atom. The molecule has 21 heavy (non-hydrogen) atoms. The van der Waals surface area contributed by atoms with E-state index < -0.39 is 0 Å².